The highest BCUT2D eigenvalue weighted by molar-refractivity contribution is 5.76. The maximum Gasteiger partial charge on any atom is 0.223 e. The first-order valence-electron chi connectivity index (χ1n) is 5.86. The highest BCUT2D eigenvalue weighted by atomic mass is 16.5. The number of hydrogen-bond acceptors (Lipinski definition) is 5. The summed E-state index contributed by atoms with van der Waals surface area (Å²) in [5.41, 5.74) is 6.57. The van der Waals surface area contributed by atoms with Crippen molar-refractivity contribution in [2.45, 2.75) is 32.4 Å². The minimum Gasteiger partial charge on any atom is -0.385 e. The molecule has 102 valence electrons. The molecule has 0 aliphatic carbocycles. The number of aryl methyl sites for hydroxylation is 1. The first-order valence-corrected chi connectivity index (χ1v) is 5.86. The van der Waals surface area contributed by atoms with Crippen molar-refractivity contribution in [2.24, 2.45) is 5.73 Å². The lowest BCUT2D eigenvalue weighted by Gasteiger charge is -2.06. The van der Waals surface area contributed by atoms with Gasteiger partial charge in [-0.1, -0.05) is 5.21 Å². The monoisotopic (exact) mass is 256 g/mol. The normalized spacial score (nSPS) is 10.8. The van der Waals surface area contributed by atoms with Crippen LogP contribution in [0.5, 0.6) is 0 Å². The smallest absolute Gasteiger partial charge is 0.223 e. The van der Waals surface area contributed by atoms with E-state index in [0.29, 0.717) is 12.3 Å². The number of nitrogens with zero attached hydrogens (tertiary/aromatic N) is 3. The van der Waals surface area contributed by atoms with E-state index in [2.05, 4.69) is 10.3 Å². The van der Waals surface area contributed by atoms with Crippen LogP contribution in [-0.2, 0) is 33.8 Å². The fourth-order valence-corrected chi connectivity index (χ4v) is 1.65. The van der Waals surface area contributed by atoms with Gasteiger partial charge in [-0.25, -0.2) is 4.68 Å². The molecule has 2 N–H and O–H groups in total. The lowest BCUT2D eigenvalue weighted by atomic mass is 10.2. The second-order valence-corrected chi connectivity index (χ2v) is 3.98. The summed E-state index contributed by atoms with van der Waals surface area (Å²) in [7, 11) is 3.27. The van der Waals surface area contributed by atoms with Gasteiger partial charge < -0.3 is 15.2 Å². The Morgan fingerprint density at radius 1 is 1.33 bits per heavy atom. The number of ether oxygens (including phenoxy) is 2. The van der Waals surface area contributed by atoms with Gasteiger partial charge in [0.05, 0.1) is 24.4 Å². The number of hydrogen-bond donors (Lipinski definition) is 1. The quantitative estimate of drug-likeness (QED) is 0.622. The van der Waals surface area contributed by atoms with Gasteiger partial charge in [-0.3, -0.25) is 4.79 Å². The number of rotatable bonds is 9. The summed E-state index contributed by atoms with van der Waals surface area (Å²) in [4.78, 5) is 10.9. The van der Waals surface area contributed by atoms with Crippen LogP contribution in [0.25, 0.3) is 0 Å². The highest BCUT2D eigenvalue weighted by Gasteiger charge is 2.14. The predicted molar refractivity (Wildman–Crippen MR) is 64.7 cm³/mol. The predicted octanol–water partition coefficient (Wildman–Crippen LogP) is -0.121. The summed E-state index contributed by atoms with van der Waals surface area (Å²) in [6, 6.07) is 0. The Bertz CT molecular complexity index is 378. The van der Waals surface area contributed by atoms with Crippen molar-refractivity contribution in [1.29, 1.82) is 0 Å². The van der Waals surface area contributed by atoms with Crippen molar-refractivity contribution in [2.75, 3.05) is 20.8 Å². The van der Waals surface area contributed by atoms with E-state index in [0.717, 1.165) is 31.7 Å². The maximum absolute atomic E-state index is 10.9. The van der Waals surface area contributed by atoms with Gasteiger partial charge in [-0.15, -0.1) is 5.10 Å². The van der Waals surface area contributed by atoms with E-state index in [1.54, 1.807) is 18.9 Å². The third kappa shape index (κ3) is 4.42. The topological polar surface area (TPSA) is 92.3 Å². The van der Waals surface area contributed by atoms with Crippen LogP contribution < -0.4 is 5.73 Å². The Morgan fingerprint density at radius 3 is 2.72 bits per heavy atom. The second-order valence-electron chi connectivity index (χ2n) is 3.98. The largest absolute Gasteiger partial charge is 0.385 e. The molecule has 1 rings (SSSR count). The van der Waals surface area contributed by atoms with Crippen molar-refractivity contribution >= 4 is 5.91 Å². The van der Waals surface area contributed by atoms with Crippen molar-refractivity contribution in [1.82, 2.24) is 15.0 Å². The average Bonchev–Trinajstić information content (AvgIpc) is 2.68. The van der Waals surface area contributed by atoms with Crippen LogP contribution in [0.3, 0.4) is 0 Å². The number of nitrogens with two attached hydrogens (primary N) is 1. The van der Waals surface area contributed by atoms with E-state index in [1.807, 2.05) is 0 Å². The first-order chi connectivity index (χ1) is 8.69. The number of carbonyl (C=O) groups excluding carboxylic acids is 1. The Balaban J connectivity index is 2.65. The lowest BCUT2D eigenvalue weighted by Crippen LogP contribution is -2.16. The number of primary amides is 1. The van der Waals surface area contributed by atoms with E-state index >= 15 is 0 Å². The summed E-state index contributed by atoms with van der Waals surface area (Å²) in [6.45, 7) is 1.83. The molecule has 7 heteroatoms. The zero-order valence-electron chi connectivity index (χ0n) is 10.9. The Labute approximate surface area is 106 Å². The fourth-order valence-electron chi connectivity index (χ4n) is 1.65. The van der Waals surface area contributed by atoms with Gasteiger partial charge in [0.15, 0.2) is 0 Å². The summed E-state index contributed by atoms with van der Waals surface area (Å²) in [5.74, 6) is -0.418. The molecule has 18 heavy (non-hydrogen) atoms. The average molecular weight is 256 g/mol. The molecule has 1 amide bonds. The molecule has 0 aliphatic heterocycles. The molecular weight excluding hydrogens is 236 g/mol. The SMILES string of the molecule is COCCCCn1nnc(CC(N)=O)c1COC. The number of amides is 1. The van der Waals surface area contributed by atoms with Crippen LogP contribution in [0.15, 0.2) is 0 Å². The molecule has 0 saturated carbocycles. The molecule has 1 aromatic rings. The number of methoxy groups -OCH3 is 2. The number of unbranched alkanes of at least 4 members (excludes halogenated alkanes) is 1. The van der Waals surface area contributed by atoms with Gasteiger partial charge in [0.2, 0.25) is 5.91 Å². The summed E-state index contributed by atoms with van der Waals surface area (Å²) >= 11 is 0. The Hall–Kier alpha value is -1.47. The number of aromatic nitrogens is 3. The minimum absolute atomic E-state index is 0.0940. The van der Waals surface area contributed by atoms with E-state index < -0.39 is 5.91 Å². The van der Waals surface area contributed by atoms with Gasteiger partial charge in [0, 0.05) is 27.4 Å². The molecule has 0 atom stereocenters. The lowest BCUT2D eigenvalue weighted by molar-refractivity contribution is -0.117. The molecule has 0 bridgehead atoms. The van der Waals surface area contributed by atoms with Gasteiger partial charge in [0.1, 0.15) is 0 Å². The summed E-state index contributed by atoms with van der Waals surface area (Å²) < 4.78 is 11.8. The van der Waals surface area contributed by atoms with Crippen molar-refractivity contribution in [3.63, 3.8) is 0 Å². The third-order valence-corrected chi connectivity index (χ3v) is 2.51. The van der Waals surface area contributed by atoms with E-state index in [1.165, 1.54) is 0 Å². The molecule has 0 aliphatic rings. The van der Waals surface area contributed by atoms with Gasteiger partial charge in [0.25, 0.3) is 0 Å². The Morgan fingerprint density at radius 2 is 2.11 bits per heavy atom. The molecule has 0 aromatic carbocycles. The molecule has 0 saturated heterocycles. The Kier molecular flexibility index (Phi) is 6.31. The number of carbonyl (C=O) groups is 1. The molecular formula is C11H20N4O3. The van der Waals surface area contributed by atoms with Crippen LogP contribution in [0.1, 0.15) is 24.2 Å². The molecule has 0 fully saturated rings. The minimum atomic E-state index is -0.418. The van der Waals surface area contributed by atoms with Crippen molar-refractivity contribution < 1.29 is 14.3 Å². The van der Waals surface area contributed by atoms with Crippen LogP contribution in [0, 0.1) is 0 Å². The van der Waals surface area contributed by atoms with E-state index in [4.69, 9.17) is 15.2 Å². The fraction of sp³-hybridized carbons (Fsp3) is 0.727. The van der Waals surface area contributed by atoms with Crippen LogP contribution in [0.4, 0.5) is 0 Å². The molecule has 1 aromatic heterocycles. The molecule has 0 spiro atoms. The molecule has 0 unspecified atom stereocenters. The van der Waals surface area contributed by atoms with Gasteiger partial charge in [-0.2, -0.15) is 0 Å². The standard InChI is InChI=1S/C11H20N4O3/c1-17-6-4-3-5-15-10(8-18-2)9(13-14-15)7-11(12)16/h3-8H2,1-2H3,(H2,12,16). The van der Waals surface area contributed by atoms with Crippen molar-refractivity contribution in [3.8, 4) is 0 Å². The molecule has 0 radical (unpaired) electrons. The van der Waals surface area contributed by atoms with Crippen LogP contribution >= 0.6 is 0 Å². The maximum atomic E-state index is 10.9. The highest BCUT2D eigenvalue weighted by Crippen LogP contribution is 2.09. The second kappa shape index (κ2) is 7.78. The first kappa shape index (κ1) is 14.6. The zero-order chi connectivity index (χ0) is 13.4. The van der Waals surface area contributed by atoms with Crippen molar-refractivity contribution in [3.05, 3.63) is 11.4 Å². The summed E-state index contributed by atoms with van der Waals surface area (Å²) in [5, 5.41) is 8.00. The molecule has 1 heterocycles. The third-order valence-electron chi connectivity index (χ3n) is 2.51. The van der Waals surface area contributed by atoms with Crippen LogP contribution in [0.2, 0.25) is 0 Å². The molecule has 7 nitrogen and oxygen atoms in total. The zero-order valence-corrected chi connectivity index (χ0v) is 10.9. The van der Waals surface area contributed by atoms with E-state index in [9.17, 15) is 4.79 Å². The van der Waals surface area contributed by atoms with Gasteiger partial charge in [-0.05, 0) is 12.8 Å². The van der Waals surface area contributed by atoms with Gasteiger partial charge >= 0.3 is 0 Å². The van der Waals surface area contributed by atoms with Crippen LogP contribution in [-0.4, -0.2) is 41.7 Å². The van der Waals surface area contributed by atoms with E-state index in [-0.39, 0.29) is 6.42 Å². The summed E-state index contributed by atoms with van der Waals surface area (Å²) in [6.07, 6.45) is 1.98.